The minimum Gasteiger partial charge on any atom is -0.481 e. The van der Waals surface area contributed by atoms with Crippen LogP contribution in [-0.2, 0) is 14.6 Å². The SMILES string of the molecule is CS(=O)(=O)c1cc(C(=O)NC2CCCCCCC2C(=O)O)cs1. The predicted octanol–water partition coefficient (Wildman–Crippen LogP) is 2.30. The van der Waals surface area contributed by atoms with E-state index in [4.69, 9.17) is 0 Å². The second-order valence-electron chi connectivity index (χ2n) is 5.94. The van der Waals surface area contributed by atoms with Gasteiger partial charge in [-0.05, 0) is 18.9 Å². The van der Waals surface area contributed by atoms with E-state index >= 15 is 0 Å². The van der Waals surface area contributed by atoms with E-state index in [9.17, 15) is 23.1 Å². The number of carboxylic acid groups (broad SMARTS) is 1. The highest BCUT2D eigenvalue weighted by molar-refractivity contribution is 7.92. The highest BCUT2D eigenvalue weighted by Crippen LogP contribution is 2.25. The molecule has 1 aliphatic carbocycles. The van der Waals surface area contributed by atoms with Crippen molar-refractivity contribution in [3.05, 3.63) is 17.0 Å². The number of carboxylic acids is 1. The van der Waals surface area contributed by atoms with Gasteiger partial charge in [-0.2, -0.15) is 0 Å². The number of hydrogen-bond acceptors (Lipinski definition) is 5. The fourth-order valence-corrected chi connectivity index (χ4v) is 4.63. The zero-order valence-corrected chi connectivity index (χ0v) is 14.6. The van der Waals surface area contributed by atoms with Crippen LogP contribution in [0.25, 0.3) is 0 Å². The summed E-state index contributed by atoms with van der Waals surface area (Å²) in [6.45, 7) is 0. The molecule has 2 unspecified atom stereocenters. The first-order valence-corrected chi connectivity index (χ1v) is 10.4. The second-order valence-corrected chi connectivity index (χ2v) is 9.10. The Morgan fingerprint density at radius 1 is 1.22 bits per heavy atom. The summed E-state index contributed by atoms with van der Waals surface area (Å²) in [5.74, 6) is -1.89. The molecule has 0 spiro atoms. The molecular weight excluding hydrogens is 338 g/mol. The first-order chi connectivity index (χ1) is 10.8. The number of amides is 1. The van der Waals surface area contributed by atoms with Crippen LogP contribution in [-0.4, -0.2) is 37.7 Å². The summed E-state index contributed by atoms with van der Waals surface area (Å²) in [5.41, 5.74) is 0.265. The molecule has 1 amide bonds. The highest BCUT2D eigenvalue weighted by atomic mass is 32.2. The van der Waals surface area contributed by atoms with Crippen LogP contribution in [0.3, 0.4) is 0 Å². The molecule has 1 fully saturated rings. The minimum atomic E-state index is -3.34. The number of hydrogen-bond donors (Lipinski definition) is 2. The van der Waals surface area contributed by atoms with Gasteiger partial charge in [-0.25, -0.2) is 8.42 Å². The maximum Gasteiger partial charge on any atom is 0.308 e. The summed E-state index contributed by atoms with van der Waals surface area (Å²) < 4.78 is 23.1. The number of sulfone groups is 1. The molecule has 1 aromatic heterocycles. The van der Waals surface area contributed by atoms with Crippen molar-refractivity contribution in [3.63, 3.8) is 0 Å². The van der Waals surface area contributed by atoms with E-state index in [1.54, 1.807) is 0 Å². The lowest BCUT2D eigenvalue weighted by molar-refractivity contribution is -0.143. The first kappa shape index (κ1) is 17.9. The van der Waals surface area contributed by atoms with Gasteiger partial charge in [0.1, 0.15) is 4.21 Å². The monoisotopic (exact) mass is 359 g/mol. The van der Waals surface area contributed by atoms with Crippen molar-refractivity contribution < 1.29 is 23.1 Å². The van der Waals surface area contributed by atoms with Crippen molar-refractivity contribution in [2.75, 3.05) is 6.26 Å². The summed E-state index contributed by atoms with van der Waals surface area (Å²) in [4.78, 5) is 23.8. The molecule has 1 heterocycles. The van der Waals surface area contributed by atoms with Crippen molar-refractivity contribution in [1.82, 2.24) is 5.32 Å². The molecule has 6 nitrogen and oxygen atoms in total. The van der Waals surface area contributed by atoms with E-state index in [1.807, 2.05) is 0 Å². The Morgan fingerprint density at radius 2 is 1.87 bits per heavy atom. The third-order valence-corrected chi connectivity index (χ3v) is 6.87. The molecule has 128 valence electrons. The Kier molecular flexibility index (Phi) is 5.80. The molecule has 1 aromatic rings. The number of rotatable bonds is 4. The van der Waals surface area contributed by atoms with E-state index in [1.165, 1.54) is 11.4 Å². The van der Waals surface area contributed by atoms with Gasteiger partial charge in [-0.1, -0.05) is 25.7 Å². The van der Waals surface area contributed by atoms with Crippen LogP contribution in [0, 0.1) is 5.92 Å². The van der Waals surface area contributed by atoms with E-state index < -0.39 is 33.7 Å². The molecule has 2 atom stereocenters. The maximum atomic E-state index is 12.3. The molecular formula is C15H21NO5S2. The Labute approximate surface area is 139 Å². The largest absolute Gasteiger partial charge is 0.481 e. The van der Waals surface area contributed by atoms with Crippen LogP contribution >= 0.6 is 11.3 Å². The zero-order chi connectivity index (χ0) is 17.0. The van der Waals surface area contributed by atoms with E-state index in [-0.39, 0.29) is 9.77 Å². The summed E-state index contributed by atoms with van der Waals surface area (Å²) >= 11 is 0.996. The molecule has 2 N–H and O–H groups in total. The third-order valence-electron chi connectivity index (χ3n) is 4.10. The molecule has 0 radical (unpaired) electrons. The summed E-state index contributed by atoms with van der Waals surface area (Å²) in [6, 6.07) is 0.926. The van der Waals surface area contributed by atoms with Crippen LogP contribution < -0.4 is 5.32 Å². The van der Waals surface area contributed by atoms with Crippen LogP contribution in [0.5, 0.6) is 0 Å². The highest BCUT2D eigenvalue weighted by Gasteiger charge is 2.30. The number of carbonyl (C=O) groups is 2. The Morgan fingerprint density at radius 3 is 2.43 bits per heavy atom. The van der Waals surface area contributed by atoms with Gasteiger partial charge in [0, 0.05) is 17.7 Å². The molecule has 1 aliphatic rings. The van der Waals surface area contributed by atoms with Crippen LogP contribution in [0.4, 0.5) is 0 Å². The average molecular weight is 359 g/mol. The Bertz CT molecular complexity index is 680. The summed E-state index contributed by atoms with van der Waals surface area (Å²) in [6.07, 6.45) is 6.06. The molecule has 1 saturated carbocycles. The maximum absolute atomic E-state index is 12.3. The molecule has 0 aliphatic heterocycles. The number of thiophene rings is 1. The van der Waals surface area contributed by atoms with Crippen molar-refractivity contribution in [2.45, 2.75) is 48.8 Å². The van der Waals surface area contributed by atoms with Gasteiger partial charge in [0.05, 0.1) is 11.5 Å². The topological polar surface area (TPSA) is 101 Å². The first-order valence-electron chi connectivity index (χ1n) is 7.61. The molecule has 0 bridgehead atoms. The number of aliphatic carboxylic acids is 1. The fraction of sp³-hybridized carbons (Fsp3) is 0.600. The van der Waals surface area contributed by atoms with Gasteiger partial charge in [0.25, 0.3) is 5.91 Å². The third kappa shape index (κ3) is 4.78. The lowest BCUT2D eigenvalue weighted by Gasteiger charge is -2.27. The molecule has 8 heteroatoms. The fourth-order valence-electron chi connectivity index (χ4n) is 2.83. The van der Waals surface area contributed by atoms with Crippen molar-refractivity contribution in [2.24, 2.45) is 5.92 Å². The van der Waals surface area contributed by atoms with E-state index in [0.717, 1.165) is 43.3 Å². The van der Waals surface area contributed by atoms with Gasteiger partial charge in [0.2, 0.25) is 0 Å². The van der Waals surface area contributed by atoms with Crippen LogP contribution in [0.2, 0.25) is 0 Å². The second kappa shape index (κ2) is 7.44. The van der Waals surface area contributed by atoms with Gasteiger partial charge in [-0.15, -0.1) is 11.3 Å². The van der Waals surface area contributed by atoms with Gasteiger partial charge in [0.15, 0.2) is 9.84 Å². The van der Waals surface area contributed by atoms with Crippen LogP contribution in [0.1, 0.15) is 48.9 Å². The lowest BCUT2D eigenvalue weighted by atomic mass is 9.86. The van der Waals surface area contributed by atoms with Crippen molar-refractivity contribution in [1.29, 1.82) is 0 Å². The minimum absolute atomic E-state index is 0.134. The predicted molar refractivity (Wildman–Crippen MR) is 87.5 cm³/mol. The summed E-state index contributed by atoms with van der Waals surface area (Å²) in [7, 11) is -3.34. The van der Waals surface area contributed by atoms with Crippen molar-refractivity contribution >= 4 is 33.1 Å². The zero-order valence-electron chi connectivity index (χ0n) is 12.9. The molecule has 2 rings (SSSR count). The van der Waals surface area contributed by atoms with E-state index in [2.05, 4.69) is 5.32 Å². The Balaban J connectivity index is 2.12. The summed E-state index contributed by atoms with van der Waals surface area (Å²) in [5, 5.41) is 13.7. The molecule has 0 saturated heterocycles. The standard InChI is InChI=1S/C15H21NO5S2/c1-23(20,21)13-8-10(9-22-13)14(17)16-12-7-5-3-2-4-6-11(12)15(18)19/h8-9,11-12H,2-7H2,1H3,(H,16,17)(H,18,19). The van der Waals surface area contributed by atoms with Gasteiger partial charge in [-0.3, -0.25) is 9.59 Å². The average Bonchev–Trinajstić information content (AvgIpc) is 2.91. The smallest absolute Gasteiger partial charge is 0.308 e. The van der Waals surface area contributed by atoms with Crippen LogP contribution in [0.15, 0.2) is 15.7 Å². The van der Waals surface area contributed by atoms with Gasteiger partial charge < -0.3 is 10.4 Å². The van der Waals surface area contributed by atoms with Gasteiger partial charge >= 0.3 is 5.97 Å². The Hall–Kier alpha value is -1.41. The lowest BCUT2D eigenvalue weighted by Crippen LogP contribution is -2.43. The molecule has 0 aromatic carbocycles. The number of nitrogens with one attached hydrogen (secondary N) is 1. The normalized spacial score (nSPS) is 22.8. The van der Waals surface area contributed by atoms with E-state index in [0.29, 0.717) is 12.8 Å². The quantitative estimate of drug-likeness (QED) is 0.859. The number of carbonyl (C=O) groups excluding carboxylic acids is 1. The van der Waals surface area contributed by atoms with Crippen molar-refractivity contribution in [3.8, 4) is 0 Å². The molecule has 23 heavy (non-hydrogen) atoms.